The molecule has 0 aromatic carbocycles. The third kappa shape index (κ3) is 2.06. The van der Waals surface area contributed by atoms with E-state index in [4.69, 9.17) is 5.11 Å². The molecule has 2 rings (SSSR count). The fourth-order valence-corrected chi connectivity index (χ4v) is 3.40. The molecule has 2 fully saturated rings. The zero-order valence-corrected chi connectivity index (χ0v) is 9.30. The number of hydrogen-bond acceptors (Lipinski definition) is 3. The number of carboxylic acid groups (broad SMARTS) is 1. The van der Waals surface area contributed by atoms with Crippen LogP contribution in [0, 0.1) is 0 Å². The molecule has 1 saturated carbocycles. The van der Waals surface area contributed by atoms with E-state index >= 15 is 0 Å². The average Bonchev–Trinajstić information content (AvgIpc) is 2.81. The third-order valence-electron chi connectivity index (χ3n) is 3.10. The van der Waals surface area contributed by atoms with Crippen LogP contribution in [-0.2, 0) is 4.79 Å². The van der Waals surface area contributed by atoms with Crippen LogP contribution in [0.15, 0.2) is 0 Å². The van der Waals surface area contributed by atoms with E-state index in [9.17, 15) is 4.79 Å². The van der Waals surface area contributed by atoms with Crippen molar-refractivity contribution in [1.29, 1.82) is 0 Å². The molecule has 0 amide bonds. The first-order chi connectivity index (χ1) is 6.70. The highest BCUT2D eigenvalue weighted by molar-refractivity contribution is 7.99. The number of thioether (sulfide) groups is 1. The van der Waals surface area contributed by atoms with Gasteiger partial charge in [-0.2, -0.15) is 11.8 Å². The van der Waals surface area contributed by atoms with E-state index in [0.29, 0.717) is 12.1 Å². The van der Waals surface area contributed by atoms with E-state index in [2.05, 4.69) is 4.90 Å². The van der Waals surface area contributed by atoms with Gasteiger partial charge < -0.3 is 5.11 Å². The maximum atomic E-state index is 11.0. The van der Waals surface area contributed by atoms with Gasteiger partial charge in [0.25, 0.3) is 0 Å². The van der Waals surface area contributed by atoms with Crippen molar-refractivity contribution in [2.24, 2.45) is 0 Å². The summed E-state index contributed by atoms with van der Waals surface area (Å²) in [4.78, 5) is 13.2. The summed E-state index contributed by atoms with van der Waals surface area (Å²) in [5.74, 6) is 1.64. The van der Waals surface area contributed by atoms with Crippen LogP contribution in [0.25, 0.3) is 0 Å². The predicted octanol–water partition coefficient (Wildman–Crippen LogP) is 1.43. The lowest BCUT2D eigenvalue weighted by molar-refractivity contribution is -0.143. The molecule has 0 aromatic heterocycles. The van der Waals surface area contributed by atoms with Crippen molar-refractivity contribution in [1.82, 2.24) is 4.90 Å². The van der Waals surface area contributed by atoms with Crippen molar-refractivity contribution in [3.05, 3.63) is 0 Å². The minimum absolute atomic E-state index is 0.300. The molecular formula is C10H17NO2S. The van der Waals surface area contributed by atoms with Gasteiger partial charge in [0.1, 0.15) is 6.04 Å². The van der Waals surface area contributed by atoms with Crippen LogP contribution in [-0.4, -0.2) is 45.6 Å². The number of carbonyl (C=O) groups is 1. The second kappa shape index (κ2) is 4.11. The molecule has 0 aromatic rings. The molecule has 0 radical (unpaired) electrons. The maximum absolute atomic E-state index is 11.0. The quantitative estimate of drug-likeness (QED) is 0.770. The van der Waals surface area contributed by atoms with E-state index in [-0.39, 0.29) is 6.04 Å². The number of aliphatic carboxylic acids is 1. The Kier molecular flexibility index (Phi) is 3.02. The van der Waals surface area contributed by atoms with Crippen LogP contribution >= 0.6 is 11.8 Å². The number of carboxylic acids is 1. The van der Waals surface area contributed by atoms with Gasteiger partial charge in [0.15, 0.2) is 0 Å². The summed E-state index contributed by atoms with van der Waals surface area (Å²) in [6.45, 7) is 1.82. The Balaban J connectivity index is 2.02. The fourth-order valence-electron chi connectivity index (χ4n) is 2.19. The van der Waals surface area contributed by atoms with Gasteiger partial charge >= 0.3 is 5.97 Å². The standard InChI is InChI=1S/C10H17NO2S/c1-7(10(12)13)11(8-2-3-8)9-4-5-14-6-9/h7-9H,2-6H2,1H3,(H,12,13)/t7-,9-/m1/s1. The third-order valence-corrected chi connectivity index (χ3v) is 4.25. The topological polar surface area (TPSA) is 40.5 Å². The van der Waals surface area contributed by atoms with E-state index in [1.54, 1.807) is 0 Å². The summed E-state index contributed by atoms with van der Waals surface area (Å²) in [7, 11) is 0. The van der Waals surface area contributed by atoms with E-state index in [1.807, 2.05) is 18.7 Å². The van der Waals surface area contributed by atoms with Gasteiger partial charge in [-0.1, -0.05) is 0 Å². The zero-order valence-electron chi connectivity index (χ0n) is 8.48. The van der Waals surface area contributed by atoms with E-state index in [1.165, 1.54) is 25.0 Å². The lowest BCUT2D eigenvalue weighted by Gasteiger charge is -2.31. The second-order valence-electron chi connectivity index (χ2n) is 4.21. The predicted molar refractivity (Wildman–Crippen MR) is 57.7 cm³/mol. The molecule has 3 nitrogen and oxygen atoms in total. The Morgan fingerprint density at radius 3 is 2.57 bits per heavy atom. The molecular weight excluding hydrogens is 198 g/mol. The van der Waals surface area contributed by atoms with Crippen LogP contribution in [0.3, 0.4) is 0 Å². The van der Waals surface area contributed by atoms with Crippen LogP contribution < -0.4 is 0 Å². The monoisotopic (exact) mass is 215 g/mol. The van der Waals surface area contributed by atoms with Crippen molar-refractivity contribution in [3.63, 3.8) is 0 Å². The molecule has 0 spiro atoms. The van der Waals surface area contributed by atoms with E-state index in [0.717, 1.165) is 5.75 Å². The molecule has 1 heterocycles. The smallest absolute Gasteiger partial charge is 0.320 e. The minimum atomic E-state index is -0.672. The second-order valence-corrected chi connectivity index (χ2v) is 5.36. The van der Waals surface area contributed by atoms with Crippen LogP contribution in [0.1, 0.15) is 26.2 Å². The SMILES string of the molecule is C[C@H](C(=O)O)N(C1CC1)[C@@H]1CCSC1. The van der Waals surface area contributed by atoms with Gasteiger partial charge in [-0.05, 0) is 31.9 Å². The fraction of sp³-hybridized carbons (Fsp3) is 0.900. The van der Waals surface area contributed by atoms with Crippen LogP contribution in [0.5, 0.6) is 0 Å². The van der Waals surface area contributed by atoms with Gasteiger partial charge in [-0.3, -0.25) is 9.69 Å². The molecule has 0 unspecified atom stereocenters. The number of nitrogens with zero attached hydrogens (tertiary/aromatic N) is 1. The van der Waals surface area contributed by atoms with Crippen molar-refractivity contribution < 1.29 is 9.90 Å². The Hall–Kier alpha value is -0.220. The lowest BCUT2D eigenvalue weighted by Crippen LogP contribution is -2.47. The van der Waals surface area contributed by atoms with Crippen molar-refractivity contribution in [3.8, 4) is 0 Å². The normalized spacial score (nSPS) is 29.4. The first-order valence-electron chi connectivity index (χ1n) is 5.28. The Bertz CT molecular complexity index is 224. The average molecular weight is 215 g/mol. The summed E-state index contributed by atoms with van der Waals surface area (Å²) in [6.07, 6.45) is 3.55. The first-order valence-corrected chi connectivity index (χ1v) is 6.43. The highest BCUT2D eigenvalue weighted by Crippen LogP contribution is 2.35. The van der Waals surface area contributed by atoms with Crippen molar-refractivity contribution in [2.45, 2.75) is 44.3 Å². The highest BCUT2D eigenvalue weighted by Gasteiger charge is 2.40. The van der Waals surface area contributed by atoms with Gasteiger partial charge in [-0.25, -0.2) is 0 Å². The van der Waals surface area contributed by atoms with Gasteiger partial charge in [0, 0.05) is 17.8 Å². The maximum Gasteiger partial charge on any atom is 0.320 e. The summed E-state index contributed by atoms with van der Waals surface area (Å²) in [5.41, 5.74) is 0. The lowest BCUT2D eigenvalue weighted by atomic mass is 10.1. The summed E-state index contributed by atoms with van der Waals surface area (Å²) in [6, 6.07) is 0.773. The summed E-state index contributed by atoms with van der Waals surface area (Å²) >= 11 is 1.95. The largest absolute Gasteiger partial charge is 0.480 e. The van der Waals surface area contributed by atoms with Crippen molar-refractivity contribution >= 4 is 17.7 Å². The molecule has 1 aliphatic heterocycles. The van der Waals surface area contributed by atoms with Crippen molar-refractivity contribution in [2.75, 3.05) is 11.5 Å². The Labute approximate surface area is 88.9 Å². The van der Waals surface area contributed by atoms with Crippen LogP contribution in [0.2, 0.25) is 0 Å². The minimum Gasteiger partial charge on any atom is -0.480 e. The molecule has 80 valence electrons. The van der Waals surface area contributed by atoms with E-state index < -0.39 is 5.97 Å². The number of hydrogen-bond donors (Lipinski definition) is 1. The van der Waals surface area contributed by atoms with Gasteiger partial charge in [0.05, 0.1) is 0 Å². The molecule has 1 aliphatic carbocycles. The molecule has 2 atom stereocenters. The zero-order chi connectivity index (χ0) is 10.1. The first kappa shape index (κ1) is 10.3. The molecule has 2 aliphatic rings. The molecule has 1 saturated heterocycles. The molecule has 1 N–H and O–H groups in total. The van der Waals surface area contributed by atoms with Gasteiger partial charge in [0.2, 0.25) is 0 Å². The highest BCUT2D eigenvalue weighted by atomic mass is 32.2. The summed E-state index contributed by atoms with van der Waals surface area (Å²) < 4.78 is 0. The molecule has 14 heavy (non-hydrogen) atoms. The van der Waals surface area contributed by atoms with Crippen LogP contribution in [0.4, 0.5) is 0 Å². The molecule has 0 bridgehead atoms. The van der Waals surface area contributed by atoms with Gasteiger partial charge in [-0.15, -0.1) is 0 Å². The Morgan fingerprint density at radius 1 is 1.43 bits per heavy atom. The summed E-state index contributed by atoms with van der Waals surface area (Å²) in [5, 5.41) is 9.04. The number of rotatable bonds is 4. The molecule has 4 heteroatoms. The Morgan fingerprint density at radius 2 is 2.14 bits per heavy atom.